The van der Waals surface area contributed by atoms with Crippen molar-refractivity contribution in [2.45, 2.75) is 38.3 Å². The largest absolute Gasteiger partial charge is 0.507 e. The number of phenolic OH excluding ortho intramolecular Hbond substituents is 1. The molecule has 0 amide bonds. The topological polar surface area (TPSA) is 75.7 Å². The van der Waals surface area contributed by atoms with Crippen molar-refractivity contribution in [3.63, 3.8) is 0 Å². The third-order valence-corrected chi connectivity index (χ3v) is 2.86. The Morgan fingerprint density at radius 1 is 1.41 bits per heavy atom. The number of aliphatic hydroxyl groups excluding tert-OH is 1. The predicted molar refractivity (Wildman–Crippen MR) is 67.1 cm³/mol. The minimum absolute atomic E-state index is 0.0624. The van der Waals surface area contributed by atoms with Crippen molar-refractivity contribution in [3.8, 4) is 11.5 Å². The minimum Gasteiger partial charge on any atom is -0.507 e. The molecule has 0 aromatic heterocycles. The first-order valence-corrected chi connectivity index (χ1v) is 5.91. The lowest BCUT2D eigenvalue weighted by Gasteiger charge is -2.21. The van der Waals surface area contributed by atoms with Crippen LogP contribution >= 0.6 is 0 Å². The summed E-state index contributed by atoms with van der Waals surface area (Å²) in [5, 5.41) is 19.8. The van der Waals surface area contributed by atoms with Crippen molar-refractivity contribution in [2.75, 3.05) is 7.11 Å². The lowest BCUT2D eigenvalue weighted by atomic mass is 9.97. The maximum atomic E-state index is 9.95. The smallest absolute Gasteiger partial charge is 0.127 e. The second-order valence-corrected chi connectivity index (χ2v) is 4.13. The van der Waals surface area contributed by atoms with E-state index in [4.69, 9.17) is 10.5 Å². The predicted octanol–water partition coefficient (Wildman–Crippen LogP) is 1.95. The van der Waals surface area contributed by atoms with Gasteiger partial charge in [0.1, 0.15) is 11.5 Å². The van der Waals surface area contributed by atoms with Gasteiger partial charge >= 0.3 is 0 Å². The fourth-order valence-corrected chi connectivity index (χ4v) is 1.83. The van der Waals surface area contributed by atoms with Crippen LogP contribution in [0.1, 0.15) is 37.8 Å². The van der Waals surface area contributed by atoms with Crippen LogP contribution in [-0.2, 0) is 0 Å². The van der Waals surface area contributed by atoms with Crippen molar-refractivity contribution >= 4 is 0 Å². The van der Waals surface area contributed by atoms with Gasteiger partial charge in [0.25, 0.3) is 0 Å². The maximum Gasteiger partial charge on any atom is 0.127 e. The molecule has 0 spiro atoms. The first-order valence-electron chi connectivity index (χ1n) is 5.91. The highest BCUT2D eigenvalue weighted by Crippen LogP contribution is 2.34. The molecule has 0 fully saturated rings. The van der Waals surface area contributed by atoms with Crippen LogP contribution in [0.25, 0.3) is 0 Å². The van der Waals surface area contributed by atoms with Crippen LogP contribution in [0.2, 0.25) is 0 Å². The molecular formula is C13H21NO3. The van der Waals surface area contributed by atoms with Gasteiger partial charge in [0.2, 0.25) is 0 Å². The highest BCUT2D eigenvalue weighted by atomic mass is 16.5. The molecule has 2 atom stereocenters. The zero-order chi connectivity index (χ0) is 12.8. The van der Waals surface area contributed by atoms with Crippen LogP contribution in [0.4, 0.5) is 0 Å². The van der Waals surface area contributed by atoms with Gasteiger partial charge in [-0.1, -0.05) is 25.8 Å². The summed E-state index contributed by atoms with van der Waals surface area (Å²) < 4.78 is 5.15. The van der Waals surface area contributed by atoms with E-state index in [1.807, 2.05) is 0 Å². The summed E-state index contributed by atoms with van der Waals surface area (Å²) in [6, 6.07) is 4.33. The van der Waals surface area contributed by atoms with E-state index in [9.17, 15) is 10.2 Å². The number of rotatable bonds is 6. The highest BCUT2D eigenvalue weighted by Gasteiger charge is 2.22. The standard InChI is InChI=1S/C13H21NO3/c1-3-4-6-10(16)13(14)12-9(15)7-5-8-11(12)17-2/h5,7-8,10,13,15-16H,3-4,6,14H2,1-2H3/t10-,13-/m1/s1. The van der Waals surface area contributed by atoms with Gasteiger partial charge in [0, 0.05) is 0 Å². The molecule has 0 heterocycles. The molecule has 0 aliphatic rings. The van der Waals surface area contributed by atoms with Crippen molar-refractivity contribution in [1.82, 2.24) is 0 Å². The Morgan fingerprint density at radius 3 is 2.71 bits per heavy atom. The molecule has 0 radical (unpaired) electrons. The third kappa shape index (κ3) is 3.35. The number of phenols is 1. The van der Waals surface area contributed by atoms with E-state index in [0.29, 0.717) is 17.7 Å². The molecule has 1 rings (SSSR count). The molecular weight excluding hydrogens is 218 g/mol. The number of unbranched alkanes of at least 4 members (excludes halogenated alkanes) is 1. The van der Waals surface area contributed by atoms with E-state index < -0.39 is 12.1 Å². The number of aromatic hydroxyl groups is 1. The van der Waals surface area contributed by atoms with Gasteiger partial charge in [-0.15, -0.1) is 0 Å². The molecule has 4 N–H and O–H groups in total. The van der Waals surface area contributed by atoms with E-state index in [2.05, 4.69) is 6.92 Å². The van der Waals surface area contributed by atoms with Gasteiger partial charge in [-0.2, -0.15) is 0 Å². The summed E-state index contributed by atoms with van der Waals surface area (Å²) in [4.78, 5) is 0. The first-order chi connectivity index (χ1) is 8.11. The summed E-state index contributed by atoms with van der Waals surface area (Å²) in [5.41, 5.74) is 6.44. The average molecular weight is 239 g/mol. The number of hydrogen-bond acceptors (Lipinski definition) is 4. The summed E-state index contributed by atoms with van der Waals surface area (Å²) in [6.07, 6.45) is 1.86. The van der Waals surface area contributed by atoms with Gasteiger partial charge in [-0.05, 0) is 18.6 Å². The number of hydrogen-bond donors (Lipinski definition) is 3. The fraction of sp³-hybridized carbons (Fsp3) is 0.538. The number of benzene rings is 1. The van der Waals surface area contributed by atoms with E-state index in [1.54, 1.807) is 18.2 Å². The first kappa shape index (κ1) is 13.8. The Kier molecular flexibility index (Phi) is 5.25. The lowest BCUT2D eigenvalue weighted by molar-refractivity contribution is 0.130. The molecule has 17 heavy (non-hydrogen) atoms. The summed E-state index contributed by atoms with van der Waals surface area (Å²) in [5.74, 6) is 0.570. The third-order valence-electron chi connectivity index (χ3n) is 2.86. The minimum atomic E-state index is -0.669. The summed E-state index contributed by atoms with van der Waals surface area (Å²) in [6.45, 7) is 2.05. The second-order valence-electron chi connectivity index (χ2n) is 4.13. The van der Waals surface area contributed by atoms with Crippen LogP contribution in [0.15, 0.2) is 18.2 Å². The molecule has 0 saturated heterocycles. The van der Waals surface area contributed by atoms with Gasteiger partial charge in [0.05, 0.1) is 24.8 Å². The zero-order valence-electron chi connectivity index (χ0n) is 10.4. The SMILES string of the molecule is CCCC[C@@H](O)[C@@H](N)c1c(O)cccc1OC. The molecule has 0 saturated carbocycles. The van der Waals surface area contributed by atoms with Crippen molar-refractivity contribution < 1.29 is 14.9 Å². The molecule has 4 heteroatoms. The highest BCUT2D eigenvalue weighted by molar-refractivity contribution is 5.46. The Hall–Kier alpha value is -1.26. The monoisotopic (exact) mass is 239 g/mol. The average Bonchev–Trinajstić information content (AvgIpc) is 2.34. The van der Waals surface area contributed by atoms with Crippen LogP contribution in [0.5, 0.6) is 11.5 Å². The van der Waals surface area contributed by atoms with Gasteiger partial charge < -0.3 is 20.7 Å². The van der Waals surface area contributed by atoms with Crippen LogP contribution in [0.3, 0.4) is 0 Å². The second kappa shape index (κ2) is 6.47. The van der Waals surface area contributed by atoms with E-state index in [0.717, 1.165) is 12.8 Å². The van der Waals surface area contributed by atoms with Crippen LogP contribution in [-0.4, -0.2) is 23.4 Å². The van der Waals surface area contributed by atoms with Gasteiger partial charge in [0.15, 0.2) is 0 Å². The maximum absolute atomic E-state index is 9.95. The Balaban J connectivity index is 2.90. The Labute approximate surface area is 102 Å². The molecule has 4 nitrogen and oxygen atoms in total. The van der Waals surface area contributed by atoms with Gasteiger partial charge in [-0.25, -0.2) is 0 Å². The molecule has 0 unspecified atom stereocenters. The van der Waals surface area contributed by atoms with Gasteiger partial charge in [-0.3, -0.25) is 0 Å². The number of nitrogens with two attached hydrogens (primary N) is 1. The molecule has 0 bridgehead atoms. The van der Waals surface area contributed by atoms with Crippen molar-refractivity contribution in [1.29, 1.82) is 0 Å². The molecule has 1 aromatic rings. The van der Waals surface area contributed by atoms with Crippen LogP contribution in [0, 0.1) is 0 Å². The van der Waals surface area contributed by atoms with E-state index in [-0.39, 0.29) is 5.75 Å². The number of methoxy groups -OCH3 is 1. The quantitative estimate of drug-likeness (QED) is 0.709. The summed E-state index contributed by atoms with van der Waals surface area (Å²) in [7, 11) is 1.52. The van der Waals surface area contributed by atoms with Crippen molar-refractivity contribution in [3.05, 3.63) is 23.8 Å². The van der Waals surface area contributed by atoms with E-state index >= 15 is 0 Å². The zero-order valence-corrected chi connectivity index (χ0v) is 10.4. The Morgan fingerprint density at radius 2 is 2.12 bits per heavy atom. The lowest BCUT2D eigenvalue weighted by Crippen LogP contribution is -2.26. The molecule has 96 valence electrons. The normalized spacial score (nSPS) is 14.4. The van der Waals surface area contributed by atoms with Crippen LogP contribution < -0.4 is 10.5 Å². The summed E-state index contributed by atoms with van der Waals surface area (Å²) >= 11 is 0. The van der Waals surface area contributed by atoms with Crippen molar-refractivity contribution in [2.24, 2.45) is 5.73 Å². The molecule has 1 aromatic carbocycles. The molecule has 0 aliphatic heterocycles. The number of aliphatic hydroxyl groups is 1. The molecule has 0 aliphatic carbocycles. The Bertz CT molecular complexity index is 355. The van der Waals surface area contributed by atoms with E-state index in [1.165, 1.54) is 7.11 Å². The number of ether oxygens (including phenoxy) is 1. The fourth-order valence-electron chi connectivity index (χ4n) is 1.83.